The van der Waals surface area contributed by atoms with Gasteiger partial charge in [0.15, 0.2) is 9.84 Å². The van der Waals surface area contributed by atoms with Gasteiger partial charge in [0.1, 0.15) is 5.75 Å². The van der Waals surface area contributed by atoms with Crippen molar-refractivity contribution in [2.45, 2.75) is 18.6 Å². The second-order valence-electron chi connectivity index (χ2n) is 4.84. The number of hydrogen-bond acceptors (Lipinski definition) is 5. The number of sulfone groups is 1. The molecule has 0 aliphatic rings. The van der Waals surface area contributed by atoms with Crippen LogP contribution < -0.4 is 15.8 Å². The van der Waals surface area contributed by atoms with Crippen molar-refractivity contribution in [1.82, 2.24) is 0 Å². The van der Waals surface area contributed by atoms with Gasteiger partial charge < -0.3 is 15.8 Å². The second-order valence-corrected chi connectivity index (χ2v) is 7.49. The molecule has 1 aromatic carbocycles. The SMILES string of the molecule is COc1ccc(N)c(NCC(C)(C)S(C)(=O)=O)c1. The average Bonchev–Trinajstić information content (AvgIpc) is 2.26. The summed E-state index contributed by atoms with van der Waals surface area (Å²) in [6, 6.07) is 5.21. The van der Waals surface area contributed by atoms with Crippen molar-refractivity contribution in [3.63, 3.8) is 0 Å². The van der Waals surface area contributed by atoms with Crippen LogP contribution in [0.5, 0.6) is 5.75 Å². The van der Waals surface area contributed by atoms with Gasteiger partial charge in [0.2, 0.25) is 0 Å². The standard InChI is InChI=1S/C12H20N2O3S/c1-12(2,18(4,15)16)8-14-11-7-9(17-3)5-6-10(11)13/h5-7,14H,8,13H2,1-4H3. The van der Waals surface area contributed by atoms with E-state index < -0.39 is 14.6 Å². The number of rotatable bonds is 5. The maximum absolute atomic E-state index is 11.6. The van der Waals surface area contributed by atoms with Crippen molar-refractivity contribution in [2.24, 2.45) is 0 Å². The van der Waals surface area contributed by atoms with Crippen molar-refractivity contribution >= 4 is 21.2 Å². The first-order valence-electron chi connectivity index (χ1n) is 5.54. The van der Waals surface area contributed by atoms with Crippen molar-refractivity contribution in [1.29, 1.82) is 0 Å². The van der Waals surface area contributed by atoms with Gasteiger partial charge in [-0.1, -0.05) is 0 Å². The Morgan fingerprint density at radius 3 is 2.50 bits per heavy atom. The minimum absolute atomic E-state index is 0.281. The molecule has 1 aromatic rings. The van der Waals surface area contributed by atoms with Gasteiger partial charge in [-0.25, -0.2) is 8.42 Å². The van der Waals surface area contributed by atoms with Crippen molar-refractivity contribution in [3.05, 3.63) is 18.2 Å². The van der Waals surface area contributed by atoms with Crippen LogP contribution in [0.1, 0.15) is 13.8 Å². The van der Waals surface area contributed by atoms with Gasteiger partial charge in [-0.05, 0) is 26.0 Å². The van der Waals surface area contributed by atoms with E-state index in [2.05, 4.69) is 5.32 Å². The molecule has 0 fully saturated rings. The van der Waals surface area contributed by atoms with Gasteiger partial charge in [-0.2, -0.15) is 0 Å². The highest BCUT2D eigenvalue weighted by Gasteiger charge is 2.29. The Morgan fingerprint density at radius 2 is 2.00 bits per heavy atom. The molecular formula is C12H20N2O3S. The molecular weight excluding hydrogens is 252 g/mol. The highest BCUT2D eigenvalue weighted by Crippen LogP contribution is 2.25. The number of benzene rings is 1. The molecule has 0 aromatic heterocycles. The molecule has 0 aliphatic heterocycles. The molecule has 18 heavy (non-hydrogen) atoms. The van der Waals surface area contributed by atoms with E-state index in [-0.39, 0.29) is 6.54 Å². The molecule has 0 unspecified atom stereocenters. The van der Waals surface area contributed by atoms with E-state index in [4.69, 9.17) is 10.5 Å². The van der Waals surface area contributed by atoms with E-state index in [9.17, 15) is 8.42 Å². The van der Waals surface area contributed by atoms with Crippen LogP contribution in [0.2, 0.25) is 0 Å². The zero-order valence-corrected chi connectivity index (χ0v) is 12.0. The van der Waals surface area contributed by atoms with Gasteiger partial charge in [0.25, 0.3) is 0 Å². The van der Waals surface area contributed by atoms with Crippen LogP contribution in [-0.2, 0) is 9.84 Å². The van der Waals surface area contributed by atoms with Crippen molar-refractivity contribution in [2.75, 3.05) is 31.0 Å². The zero-order valence-electron chi connectivity index (χ0n) is 11.1. The molecule has 0 amide bonds. The van der Waals surface area contributed by atoms with Gasteiger partial charge in [-0.15, -0.1) is 0 Å². The predicted octanol–water partition coefficient (Wildman–Crippen LogP) is 1.51. The monoisotopic (exact) mass is 272 g/mol. The number of nitrogens with two attached hydrogens (primary N) is 1. The molecule has 0 spiro atoms. The van der Waals surface area contributed by atoms with Crippen LogP contribution in [0, 0.1) is 0 Å². The summed E-state index contributed by atoms with van der Waals surface area (Å²) in [7, 11) is -1.57. The summed E-state index contributed by atoms with van der Waals surface area (Å²) >= 11 is 0. The quantitative estimate of drug-likeness (QED) is 0.794. The molecule has 102 valence electrons. The Hall–Kier alpha value is -1.43. The molecule has 0 radical (unpaired) electrons. The van der Waals surface area contributed by atoms with E-state index in [0.717, 1.165) is 0 Å². The Morgan fingerprint density at radius 1 is 1.39 bits per heavy atom. The number of nitrogen functional groups attached to an aromatic ring is 1. The van der Waals surface area contributed by atoms with Crippen LogP contribution in [0.15, 0.2) is 18.2 Å². The van der Waals surface area contributed by atoms with E-state index in [1.54, 1.807) is 39.2 Å². The smallest absolute Gasteiger partial charge is 0.154 e. The number of ether oxygens (including phenoxy) is 1. The number of methoxy groups -OCH3 is 1. The largest absolute Gasteiger partial charge is 0.497 e. The van der Waals surface area contributed by atoms with Crippen LogP contribution in [-0.4, -0.2) is 33.1 Å². The normalized spacial score (nSPS) is 12.2. The molecule has 0 bridgehead atoms. The maximum Gasteiger partial charge on any atom is 0.154 e. The lowest BCUT2D eigenvalue weighted by molar-refractivity contribution is 0.415. The first kappa shape index (κ1) is 14.6. The molecule has 0 atom stereocenters. The fraction of sp³-hybridized carbons (Fsp3) is 0.500. The van der Waals surface area contributed by atoms with E-state index in [1.165, 1.54) is 6.26 Å². The highest BCUT2D eigenvalue weighted by molar-refractivity contribution is 7.92. The molecule has 0 saturated heterocycles. The lowest BCUT2D eigenvalue weighted by atomic mass is 10.2. The average molecular weight is 272 g/mol. The van der Waals surface area contributed by atoms with E-state index >= 15 is 0 Å². The van der Waals surface area contributed by atoms with E-state index in [0.29, 0.717) is 17.1 Å². The lowest BCUT2D eigenvalue weighted by Crippen LogP contribution is -2.38. The Balaban J connectivity index is 2.87. The van der Waals surface area contributed by atoms with Crippen LogP contribution >= 0.6 is 0 Å². The van der Waals surface area contributed by atoms with E-state index in [1.807, 2.05) is 0 Å². The molecule has 6 heteroatoms. The Labute approximate surface area is 108 Å². The minimum atomic E-state index is -3.14. The summed E-state index contributed by atoms with van der Waals surface area (Å²) in [4.78, 5) is 0. The second kappa shape index (κ2) is 5.06. The topological polar surface area (TPSA) is 81.4 Å². The van der Waals surface area contributed by atoms with Gasteiger partial charge in [0.05, 0.1) is 23.2 Å². The summed E-state index contributed by atoms with van der Waals surface area (Å²) in [6.07, 6.45) is 1.23. The van der Waals surface area contributed by atoms with Gasteiger partial charge in [-0.3, -0.25) is 0 Å². The summed E-state index contributed by atoms with van der Waals surface area (Å²) < 4.78 is 27.4. The third-order valence-corrected chi connectivity index (χ3v) is 5.12. The lowest BCUT2D eigenvalue weighted by Gasteiger charge is -2.24. The minimum Gasteiger partial charge on any atom is -0.497 e. The van der Waals surface area contributed by atoms with Gasteiger partial charge in [0, 0.05) is 18.9 Å². The zero-order chi connectivity index (χ0) is 14.0. The van der Waals surface area contributed by atoms with Gasteiger partial charge >= 0.3 is 0 Å². The van der Waals surface area contributed by atoms with Crippen LogP contribution in [0.3, 0.4) is 0 Å². The number of anilines is 2. The summed E-state index contributed by atoms with van der Waals surface area (Å²) in [6.45, 7) is 3.63. The molecule has 0 saturated carbocycles. The third-order valence-electron chi connectivity index (χ3n) is 2.97. The fourth-order valence-corrected chi connectivity index (χ4v) is 1.59. The summed E-state index contributed by atoms with van der Waals surface area (Å²) in [5, 5.41) is 3.05. The molecule has 3 N–H and O–H groups in total. The van der Waals surface area contributed by atoms with Crippen molar-refractivity contribution < 1.29 is 13.2 Å². The van der Waals surface area contributed by atoms with Crippen LogP contribution in [0.4, 0.5) is 11.4 Å². The third kappa shape index (κ3) is 3.29. The molecule has 0 heterocycles. The molecule has 5 nitrogen and oxygen atoms in total. The Bertz CT molecular complexity index is 524. The van der Waals surface area contributed by atoms with Crippen LogP contribution in [0.25, 0.3) is 0 Å². The maximum atomic E-state index is 11.6. The fourth-order valence-electron chi connectivity index (χ4n) is 1.25. The van der Waals surface area contributed by atoms with Crippen molar-refractivity contribution in [3.8, 4) is 5.75 Å². The number of hydrogen-bond donors (Lipinski definition) is 2. The first-order chi connectivity index (χ1) is 8.17. The first-order valence-corrected chi connectivity index (χ1v) is 7.43. The highest BCUT2D eigenvalue weighted by atomic mass is 32.2. The summed E-state index contributed by atoms with van der Waals surface area (Å²) in [5.41, 5.74) is 7.04. The summed E-state index contributed by atoms with van der Waals surface area (Å²) in [5.74, 6) is 0.670. The molecule has 0 aliphatic carbocycles. The Kier molecular flexibility index (Phi) is 4.11. The molecule has 1 rings (SSSR count). The number of nitrogens with one attached hydrogen (secondary N) is 1. The predicted molar refractivity (Wildman–Crippen MR) is 74.8 cm³/mol.